The minimum Gasteiger partial charge on any atom is -0.388 e. The molecule has 2 aliphatic heterocycles. The third-order valence-electron chi connectivity index (χ3n) is 4.07. The van der Waals surface area contributed by atoms with Crippen LogP contribution in [0.1, 0.15) is 25.7 Å². The van der Waals surface area contributed by atoms with E-state index in [-0.39, 0.29) is 29.2 Å². The minimum absolute atomic E-state index is 0.0120. The first-order valence-electron chi connectivity index (χ1n) is 8.13. The number of thioether (sulfide) groups is 2. The molecule has 2 heterocycles. The van der Waals surface area contributed by atoms with Crippen LogP contribution >= 0.6 is 23.5 Å². The first-order chi connectivity index (χ1) is 11.2. The van der Waals surface area contributed by atoms with E-state index in [9.17, 15) is 5.11 Å². The number of aliphatic hydroxyl groups excluding tert-OH is 1. The van der Waals surface area contributed by atoms with Gasteiger partial charge in [-0.1, -0.05) is 44.2 Å². The molecule has 1 aromatic rings. The summed E-state index contributed by atoms with van der Waals surface area (Å²) in [6.45, 7) is 4.68. The topological polar surface area (TPSA) is 47.9 Å². The summed E-state index contributed by atoms with van der Waals surface area (Å²) >= 11 is 3.40. The smallest absolute Gasteiger partial charge is 0.184 e. The molecule has 6 atom stereocenters. The van der Waals surface area contributed by atoms with E-state index in [1.165, 1.54) is 0 Å². The summed E-state index contributed by atoms with van der Waals surface area (Å²) in [5, 5.41) is 10.7. The summed E-state index contributed by atoms with van der Waals surface area (Å²) in [6, 6.07) is 9.94. The Hall–Kier alpha value is -0.240. The van der Waals surface area contributed by atoms with Crippen LogP contribution in [0.5, 0.6) is 0 Å². The Morgan fingerprint density at radius 3 is 2.52 bits per heavy atom. The molecule has 0 bridgehead atoms. The fraction of sp³-hybridized carbons (Fsp3) is 0.647. The molecule has 23 heavy (non-hydrogen) atoms. The van der Waals surface area contributed by atoms with E-state index in [0.717, 1.165) is 17.1 Å². The Morgan fingerprint density at radius 1 is 1.09 bits per heavy atom. The normalized spacial score (nSPS) is 37.3. The van der Waals surface area contributed by atoms with Gasteiger partial charge in [0.25, 0.3) is 0 Å². The van der Waals surface area contributed by atoms with E-state index in [4.69, 9.17) is 14.2 Å². The van der Waals surface area contributed by atoms with E-state index < -0.39 is 6.10 Å². The number of fused-ring (bicyclic) bond motifs is 1. The Bertz CT molecular complexity index is 487. The number of hydrogen-bond donors (Lipinski definition) is 1. The molecular formula is C17H24O4S2. The molecule has 1 N–H and O–H groups in total. The maximum Gasteiger partial charge on any atom is 0.184 e. The van der Waals surface area contributed by atoms with Crippen molar-refractivity contribution in [1.82, 2.24) is 0 Å². The molecule has 0 radical (unpaired) electrons. The number of hydrogen-bond acceptors (Lipinski definition) is 6. The minimum atomic E-state index is -0.527. The van der Waals surface area contributed by atoms with E-state index in [2.05, 4.69) is 13.8 Å². The molecule has 6 heteroatoms. The van der Waals surface area contributed by atoms with Crippen molar-refractivity contribution < 1.29 is 19.3 Å². The summed E-state index contributed by atoms with van der Waals surface area (Å²) in [7, 11) is 0. The number of aliphatic hydroxyl groups is 1. The van der Waals surface area contributed by atoms with Crippen LogP contribution in [0, 0.1) is 0 Å². The molecule has 2 aliphatic rings. The lowest BCUT2D eigenvalue weighted by Crippen LogP contribution is -2.59. The fourth-order valence-corrected chi connectivity index (χ4v) is 5.20. The Labute approximate surface area is 146 Å². The molecule has 0 spiro atoms. The van der Waals surface area contributed by atoms with Crippen molar-refractivity contribution in [2.24, 2.45) is 0 Å². The zero-order valence-electron chi connectivity index (χ0n) is 13.5. The molecule has 0 aliphatic carbocycles. The van der Waals surface area contributed by atoms with E-state index in [1.807, 2.05) is 30.3 Å². The second-order valence-electron chi connectivity index (χ2n) is 5.59. The third-order valence-corrected chi connectivity index (χ3v) is 6.39. The monoisotopic (exact) mass is 356 g/mol. The van der Waals surface area contributed by atoms with Gasteiger partial charge in [0.15, 0.2) is 6.29 Å². The molecule has 4 nitrogen and oxygen atoms in total. The molecule has 0 amide bonds. The Kier molecular flexibility index (Phi) is 6.29. The molecule has 0 unspecified atom stereocenters. The lowest BCUT2D eigenvalue weighted by molar-refractivity contribution is -0.289. The average molecular weight is 357 g/mol. The highest BCUT2D eigenvalue weighted by molar-refractivity contribution is 8.00. The number of benzene rings is 1. The van der Waals surface area contributed by atoms with E-state index in [1.54, 1.807) is 23.5 Å². The summed E-state index contributed by atoms with van der Waals surface area (Å²) < 4.78 is 18.1. The highest BCUT2D eigenvalue weighted by Crippen LogP contribution is 2.40. The zero-order valence-corrected chi connectivity index (χ0v) is 15.1. The summed E-state index contributed by atoms with van der Waals surface area (Å²) in [5.41, 5.74) is 0.802. The van der Waals surface area contributed by atoms with Crippen LogP contribution in [0.3, 0.4) is 0 Å². The van der Waals surface area contributed by atoms with Crippen molar-refractivity contribution in [2.75, 3.05) is 18.1 Å². The summed E-state index contributed by atoms with van der Waals surface area (Å²) in [5.74, 6) is 1.85. The molecular weight excluding hydrogens is 332 g/mol. The van der Waals surface area contributed by atoms with Crippen LogP contribution in [0.4, 0.5) is 0 Å². The molecule has 128 valence electrons. The van der Waals surface area contributed by atoms with Gasteiger partial charge in [0.2, 0.25) is 0 Å². The van der Waals surface area contributed by atoms with Crippen molar-refractivity contribution in [1.29, 1.82) is 0 Å². The van der Waals surface area contributed by atoms with Gasteiger partial charge in [0.05, 0.1) is 11.9 Å². The second kappa shape index (κ2) is 8.23. The predicted octanol–water partition coefficient (Wildman–Crippen LogP) is 3.06. The second-order valence-corrected chi connectivity index (χ2v) is 8.42. The standard InChI is InChI=1S/C17H24O4S2/c1-3-22-15-13(18)17(23-4-2)20-12-10-19-16(21-14(12)15)11-8-6-5-7-9-11/h5-9,12-18H,3-4,10H2,1-2H3/t12-,13+,14+,15+,16+,17+/m1/s1. The van der Waals surface area contributed by atoms with Crippen molar-refractivity contribution in [3.63, 3.8) is 0 Å². The van der Waals surface area contributed by atoms with Crippen molar-refractivity contribution in [3.8, 4) is 0 Å². The Balaban J connectivity index is 1.76. The van der Waals surface area contributed by atoms with Crippen LogP contribution in [-0.2, 0) is 14.2 Å². The van der Waals surface area contributed by atoms with Crippen LogP contribution < -0.4 is 0 Å². The van der Waals surface area contributed by atoms with Crippen LogP contribution in [-0.4, -0.2) is 52.2 Å². The van der Waals surface area contributed by atoms with E-state index >= 15 is 0 Å². The summed E-state index contributed by atoms with van der Waals surface area (Å²) in [4.78, 5) is 0. The molecule has 2 fully saturated rings. The first kappa shape index (κ1) is 17.6. The number of rotatable bonds is 5. The van der Waals surface area contributed by atoms with E-state index in [0.29, 0.717) is 6.61 Å². The van der Waals surface area contributed by atoms with Crippen molar-refractivity contribution in [3.05, 3.63) is 35.9 Å². The lowest BCUT2D eigenvalue weighted by Gasteiger charge is -2.48. The van der Waals surface area contributed by atoms with Gasteiger partial charge in [0.1, 0.15) is 23.7 Å². The highest BCUT2D eigenvalue weighted by Gasteiger charge is 2.49. The maximum atomic E-state index is 10.7. The molecule has 0 saturated carbocycles. The molecule has 1 aromatic carbocycles. The van der Waals surface area contributed by atoms with Gasteiger partial charge in [0, 0.05) is 5.56 Å². The van der Waals surface area contributed by atoms with Gasteiger partial charge in [-0.2, -0.15) is 11.8 Å². The zero-order chi connectivity index (χ0) is 16.2. The summed E-state index contributed by atoms with van der Waals surface area (Å²) in [6.07, 6.45) is -1.18. The van der Waals surface area contributed by atoms with Crippen LogP contribution in [0.2, 0.25) is 0 Å². The quantitative estimate of drug-likeness (QED) is 0.875. The van der Waals surface area contributed by atoms with Crippen LogP contribution in [0.25, 0.3) is 0 Å². The van der Waals surface area contributed by atoms with Gasteiger partial charge < -0.3 is 19.3 Å². The van der Waals surface area contributed by atoms with Gasteiger partial charge in [-0.25, -0.2) is 0 Å². The van der Waals surface area contributed by atoms with Crippen molar-refractivity contribution in [2.45, 2.75) is 49.1 Å². The third kappa shape index (κ3) is 3.89. The van der Waals surface area contributed by atoms with Gasteiger partial charge >= 0.3 is 0 Å². The van der Waals surface area contributed by atoms with Gasteiger partial charge in [-0.3, -0.25) is 0 Å². The Morgan fingerprint density at radius 2 is 1.83 bits per heavy atom. The lowest BCUT2D eigenvalue weighted by atomic mass is 10.0. The largest absolute Gasteiger partial charge is 0.388 e. The van der Waals surface area contributed by atoms with Gasteiger partial charge in [-0.05, 0) is 11.5 Å². The SMILES string of the molecule is CCS[C@H]1[C@H](O)[C@H](SCC)O[C@@H]2CO[C@H](c3ccccc3)O[C@H]12. The highest BCUT2D eigenvalue weighted by atomic mass is 32.2. The van der Waals surface area contributed by atoms with Crippen molar-refractivity contribution >= 4 is 23.5 Å². The predicted molar refractivity (Wildman–Crippen MR) is 94.7 cm³/mol. The molecule has 0 aromatic heterocycles. The molecule has 3 rings (SSSR count). The van der Waals surface area contributed by atoms with Gasteiger partial charge in [-0.15, -0.1) is 11.8 Å². The maximum absolute atomic E-state index is 10.7. The number of ether oxygens (including phenoxy) is 3. The average Bonchev–Trinajstić information content (AvgIpc) is 2.59. The first-order valence-corrected chi connectivity index (χ1v) is 10.2. The molecule has 2 saturated heterocycles. The fourth-order valence-electron chi connectivity index (χ4n) is 3.03. The van der Waals surface area contributed by atoms with Crippen LogP contribution in [0.15, 0.2) is 30.3 Å².